The summed E-state index contributed by atoms with van der Waals surface area (Å²) < 4.78 is 24.1. The molecular formula is C15H38N2O5Si3. The van der Waals surface area contributed by atoms with Crippen molar-refractivity contribution in [1.82, 2.24) is 9.88 Å². The number of nitrogens with zero attached hydrogens (tertiary/aromatic N) is 1. The van der Waals surface area contributed by atoms with E-state index in [0.29, 0.717) is 25.7 Å². The Morgan fingerprint density at radius 2 is 1.48 bits per heavy atom. The van der Waals surface area contributed by atoms with Gasteiger partial charge in [-0.2, -0.15) is 0 Å². The van der Waals surface area contributed by atoms with E-state index in [-0.39, 0.29) is 6.03 Å². The number of carbonyl (C=O) groups excluding carboxylic acids is 1. The lowest BCUT2D eigenvalue weighted by molar-refractivity contribution is 0.122. The molecule has 0 aromatic carbocycles. The Morgan fingerprint density at radius 3 is 1.88 bits per heavy atom. The van der Waals surface area contributed by atoms with Crippen molar-refractivity contribution in [3.63, 3.8) is 0 Å². The second kappa shape index (κ2) is 10.8. The van der Waals surface area contributed by atoms with Crippen LogP contribution in [-0.2, 0) is 17.7 Å². The number of carbonyl (C=O) groups is 1. The summed E-state index contributed by atoms with van der Waals surface area (Å²) in [6.07, 6.45) is 0.783. The Hall–Kier alpha value is -0.239. The van der Waals surface area contributed by atoms with Gasteiger partial charge in [-0.15, -0.1) is 0 Å². The highest BCUT2D eigenvalue weighted by molar-refractivity contribution is 6.75. The maximum atomic E-state index is 12.6. The van der Waals surface area contributed by atoms with Crippen LogP contribution in [0, 0.1) is 0 Å². The molecule has 0 saturated carbocycles. The third kappa shape index (κ3) is 9.87. The Kier molecular flexibility index (Phi) is 10.7. The molecule has 0 aromatic heterocycles. The number of urea groups is 1. The van der Waals surface area contributed by atoms with Gasteiger partial charge in [0.25, 0.3) is 0 Å². The minimum atomic E-state index is -2.59. The lowest BCUT2D eigenvalue weighted by Crippen LogP contribution is -2.55. The molecule has 0 aliphatic carbocycles. The molecule has 1 N–H and O–H groups in total. The first-order chi connectivity index (χ1) is 11.4. The molecule has 0 unspecified atom stereocenters. The Bertz CT molecular complexity index is 387. The van der Waals surface area contributed by atoms with Crippen molar-refractivity contribution in [3.05, 3.63) is 0 Å². The summed E-state index contributed by atoms with van der Waals surface area (Å²) in [5.74, 6) is 0. The van der Waals surface area contributed by atoms with E-state index in [2.05, 4.69) is 44.6 Å². The second-order valence-corrected chi connectivity index (χ2v) is 20.4. The molecule has 25 heavy (non-hydrogen) atoms. The minimum absolute atomic E-state index is 0.0159. The van der Waals surface area contributed by atoms with Crippen LogP contribution in [0.1, 0.15) is 6.42 Å². The summed E-state index contributed by atoms with van der Waals surface area (Å²) in [6.45, 7) is 14.7. The van der Waals surface area contributed by atoms with E-state index in [0.717, 1.165) is 6.42 Å². The first kappa shape index (κ1) is 24.8. The van der Waals surface area contributed by atoms with Crippen molar-refractivity contribution < 1.29 is 22.5 Å². The zero-order chi connectivity index (χ0) is 19.7. The predicted molar refractivity (Wildman–Crippen MR) is 109 cm³/mol. The van der Waals surface area contributed by atoms with Gasteiger partial charge in [0, 0.05) is 40.5 Å². The van der Waals surface area contributed by atoms with E-state index in [9.17, 15) is 4.79 Å². The molecule has 0 aliphatic heterocycles. The van der Waals surface area contributed by atoms with Gasteiger partial charge in [-0.3, -0.25) is 0 Å². The average Bonchev–Trinajstić information content (AvgIpc) is 2.50. The predicted octanol–water partition coefficient (Wildman–Crippen LogP) is 2.95. The second-order valence-electron chi connectivity index (χ2n) is 7.91. The third-order valence-electron chi connectivity index (χ3n) is 3.77. The molecule has 0 aromatic rings. The molecule has 0 rings (SSSR count). The lowest BCUT2D eigenvalue weighted by atomic mass is 10.5. The van der Waals surface area contributed by atoms with Crippen LogP contribution in [0.2, 0.25) is 45.3 Å². The van der Waals surface area contributed by atoms with Crippen LogP contribution in [0.25, 0.3) is 0 Å². The van der Waals surface area contributed by atoms with Crippen LogP contribution in [0.4, 0.5) is 4.79 Å². The van der Waals surface area contributed by atoms with Crippen LogP contribution in [0.3, 0.4) is 0 Å². The number of hydrogen-bond acceptors (Lipinski definition) is 5. The largest absolute Gasteiger partial charge is 0.500 e. The summed E-state index contributed by atoms with van der Waals surface area (Å²) in [5.41, 5.74) is 0. The van der Waals surface area contributed by atoms with E-state index >= 15 is 0 Å². The van der Waals surface area contributed by atoms with Crippen LogP contribution in [0.15, 0.2) is 0 Å². The number of rotatable bonds is 12. The number of nitrogens with one attached hydrogen (secondary N) is 1. The molecule has 0 spiro atoms. The van der Waals surface area contributed by atoms with E-state index in [1.807, 2.05) is 4.57 Å². The molecule has 7 nitrogen and oxygen atoms in total. The molecule has 0 bridgehead atoms. The van der Waals surface area contributed by atoms with Gasteiger partial charge in [-0.1, -0.05) is 19.6 Å². The van der Waals surface area contributed by atoms with Crippen molar-refractivity contribution >= 4 is 31.4 Å². The zero-order valence-corrected chi connectivity index (χ0v) is 20.5. The van der Waals surface area contributed by atoms with Gasteiger partial charge in [0.1, 0.15) is 0 Å². The average molecular weight is 411 g/mol. The molecule has 2 amide bonds. The summed E-state index contributed by atoms with van der Waals surface area (Å²) in [5, 5.41) is 2.99. The van der Waals surface area contributed by atoms with Crippen LogP contribution >= 0.6 is 0 Å². The van der Waals surface area contributed by atoms with Gasteiger partial charge >= 0.3 is 14.8 Å². The van der Waals surface area contributed by atoms with Gasteiger partial charge in [-0.05, 0) is 26.1 Å². The zero-order valence-electron chi connectivity index (χ0n) is 17.5. The molecular weight excluding hydrogens is 372 g/mol. The monoisotopic (exact) mass is 410 g/mol. The van der Waals surface area contributed by atoms with Gasteiger partial charge < -0.3 is 27.6 Å². The highest BCUT2D eigenvalue weighted by atomic mass is 28.4. The normalized spacial score (nSPS) is 13.0. The Morgan fingerprint density at radius 1 is 0.960 bits per heavy atom. The fraction of sp³-hybridized carbons (Fsp3) is 0.933. The molecule has 0 aliphatic rings. The van der Waals surface area contributed by atoms with E-state index in [4.69, 9.17) is 17.7 Å². The highest BCUT2D eigenvalue weighted by Crippen LogP contribution is 2.18. The molecule has 0 fully saturated rings. The van der Waals surface area contributed by atoms with Crippen molar-refractivity contribution in [3.8, 4) is 0 Å². The summed E-state index contributed by atoms with van der Waals surface area (Å²) in [4.78, 5) is 12.6. The van der Waals surface area contributed by atoms with Crippen molar-refractivity contribution in [2.24, 2.45) is 0 Å². The van der Waals surface area contributed by atoms with E-state index < -0.39 is 25.4 Å². The van der Waals surface area contributed by atoms with Crippen molar-refractivity contribution in [2.45, 2.75) is 51.7 Å². The highest BCUT2D eigenvalue weighted by Gasteiger charge is 2.38. The SMILES string of the molecule is CO[Si](CCCN(C(=O)NCCO[Si](C)(C)C)[Si](C)(C)C)(OC)OC. The maximum Gasteiger partial charge on any atom is 0.500 e. The van der Waals surface area contributed by atoms with E-state index in [1.54, 1.807) is 21.3 Å². The first-order valence-corrected chi connectivity index (χ1v) is 17.5. The fourth-order valence-electron chi connectivity index (χ4n) is 2.36. The molecule has 0 heterocycles. The summed E-state index contributed by atoms with van der Waals surface area (Å²) in [7, 11) is -1.09. The van der Waals surface area contributed by atoms with Gasteiger partial charge in [0.15, 0.2) is 16.6 Å². The first-order valence-electron chi connectivity index (χ1n) is 8.75. The number of hydrogen-bond donors (Lipinski definition) is 1. The quantitative estimate of drug-likeness (QED) is 0.396. The van der Waals surface area contributed by atoms with Crippen LogP contribution in [0.5, 0.6) is 0 Å². The Labute approximate surface area is 156 Å². The summed E-state index contributed by atoms with van der Waals surface area (Å²) >= 11 is 0. The maximum absolute atomic E-state index is 12.6. The standard InChI is InChI=1S/C15H38N2O5Si3/c1-19-25(20-2,21-3)14-10-12-17(23(4,5)6)15(18)16-11-13-22-24(7,8)9/h10-14H2,1-9H3,(H,16,18). The van der Waals surface area contributed by atoms with Gasteiger partial charge in [-0.25, -0.2) is 4.79 Å². The van der Waals surface area contributed by atoms with Crippen LogP contribution in [-0.4, -0.2) is 77.0 Å². The smallest absolute Gasteiger partial charge is 0.416 e. The molecule has 0 radical (unpaired) electrons. The van der Waals surface area contributed by atoms with Crippen molar-refractivity contribution in [2.75, 3.05) is 41.0 Å². The van der Waals surface area contributed by atoms with Gasteiger partial charge in [0.2, 0.25) is 0 Å². The summed E-state index contributed by atoms with van der Waals surface area (Å²) in [6, 6.07) is 0.668. The molecule has 0 saturated heterocycles. The molecule has 150 valence electrons. The molecule has 10 heteroatoms. The van der Waals surface area contributed by atoms with E-state index in [1.165, 1.54) is 0 Å². The van der Waals surface area contributed by atoms with Crippen molar-refractivity contribution in [1.29, 1.82) is 0 Å². The lowest BCUT2D eigenvalue weighted by Gasteiger charge is -2.35. The Balaban J connectivity index is 4.58. The topological polar surface area (TPSA) is 69.3 Å². The number of amides is 2. The minimum Gasteiger partial charge on any atom is -0.416 e. The fourth-order valence-corrected chi connectivity index (χ4v) is 6.30. The van der Waals surface area contributed by atoms with Crippen LogP contribution < -0.4 is 5.32 Å². The third-order valence-corrected chi connectivity index (χ3v) is 9.71. The molecule has 0 atom stereocenters. The van der Waals surface area contributed by atoms with Gasteiger partial charge in [0.05, 0.1) is 6.61 Å².